The summed E-state index contributed by atoms with van der Waals surface area (Å²) >= 11 is 6.56. The van der Waals surface area contributed by atoms with Gasteiger partial charge in [-0.3, -0.25) is 0 Å². The highest BCUT2D eigenvalue weighted by Gasteiger charge is 2.31. The predicted octanol–water partition coefficient (Wildman–Crippen LogP) is 5.89. The zero-order valence-electron chi connectivity index (χ0n) is 16.4. The van der Waals surface area contributed by atoms with Crippen LogP contribution < -0.4 is 4.90 Å². The van der Waals surface area contributed by atoms with Crippen molar-refractivity contribution in [3.63, 3.8) is 0 Å². The first-order valence-corrected chi connectivity index (χ1v) is 10.5. The van der Waals surface area contributed by atoms with Gasteiger partial charge in [0.05, 0.1) is 11.3 Å². The Morgan fingerprint density at radius 1 is 1.19 bits per heavy atom. The molecule has 3 heteroatoms. The molecule has 2 aromatic rings. The fourth-order valence-corrected chi connectivity index (χ4v) is 5.49. The molecule has 4 rings (SSSR count). The number of aryl methyl sites for hydroxylation is 1. The van der Waals surface area contributed by atoms with Gasteiger partial charge in [-0.1, -0.05) is 36.7 Å². The number of anilines is 1. The Labute approximate surface area is 167 Å². The molecule has 2 aliphatic rings. The van der Waals surface area contributed by atoms with E-state index in [1.54, 1.807) is 0 Å². The molecule has 1 heterocycles. The van der Waals surface area contributed by atoms with Crippen molar-refractivity contribution >= 4 is 17.3 Å². The fraction of sp³-hybridized carbons (Fsp3) is 0.458. The molecule has 0 bridgehead atoms. The lowest BCUT2D eigenvalue weighted by Gasteiger charge is -2.26. The lowest BCUT2D eigenvalue weighted by molar-refractivity contribution is 0.453. The Morgan fingerprint density at radius 3 is 2.74 bits per heavy atom. The lowest BCUT2D eigenvalue weighted by Crippen LogP contribution is -2.29. The maximum absolute atomic E-state index is 9.60. The Balaban J connectivity index is 1.65. The van der Waals surface area contributed by atoms with E-state index < -0.39 is 0 Å². The van der Waals surface area contributed by atoms with E-state index in [0.29, 0.717) is 17.9 Å². The number of hydrogen-bond donors (Lipinski definition) is 0. The lowest BCUT2D eigenvalue weighted by atomic mass is 9.83. The van der Waals surface area contributed by atoms with Crippen molar-refractivity contribution in [2.24, 2.45) is 5.92 Å². The van der Waals surface area contributed by atoms with Crippen molar-refractivity contribution in [3.8, 4) is 6.07 Å². The van der Waals surface area contributed by atoms with Gasteiger partial charge in [0.25, 0.3) is 0 Å². The van der Waals surface area contributed by atoms with Crippen LogP contribution in [0.1, 0.15) is 60.9 Å². The van der Waals surface area contributed by atoms with Crippen LogP contribution in [-0.4, -0.2) is 12.6 Å². The first kappa shape index (κ1) is 18.4. The zero-order valence-corrected chi connectivity index (χ0v) is 17.2. The van der Waals surface area contributed by atoms with Crippen LogP contribution in [0.3, 0.4) is 0 Å². The molecule has 2 nitrogen and oxygen atoms in total. The number of halogens is 1. The average molecular weight is 379 g/mol. The molecule has 0 saturated carbocycles. The summed E-state index contributed by atoms with van der Waals surface area (Å²) in [4.78, 5) is 2.39. The Morgan fingerprint density at radius 2 is 2.00 bits per heavy atom. The van der Waals surface area contributed by atoms with Crippen molar-refractivity contribution in [2.45, 2.75) is 58.4 Å². The first-order chi connectivity index (χ1) is 13.0. The molecule has 0 radical (unpaired) electrons. The molecule has 2 aromatic carbocycles. The summed E-state index contributed by atoms with van der Waals surface area (Å²) in [5.74, 6) is 1.07. The van der Waals surface area contributed by atoms with Gasteiger partial charge in [-0.2, -0.15) is 5.26 Å². The summed E-state index contributed by atoms with van der Waals surface area (Å²) < 4.78 is 0. The largest absolute Gasteiger partial charge is 0.367 e. The van der Waals surface area contributed by atoms with Crippen LogP contribution in [0.25, 0.3) is 0 Å². The van der Waals surface area contributed by atoms with Gasteiger partial charge in [-0.15, -0.1) is 0 Å². The second kappa shape index (κ2) is 7.21. The quantitative estimate of drug-likeness (QED) is 0.663. The van der Waals surface area contributed by atoms with Crippen LogP contribution in [0.4, 0.5) is 5.69 Å². The monoisotopic (exact) mass is 378 g/mol. The minimum atomic E-state index is 0.423. The van der Waals surface area contributed by atoms with E-state index in [1.807, 2.05) is 12.1 Å². The number of hydrogen-bond acceptors (Lipinski definition) is 2. The van der Waals surface area contributed by atoms with Crippen LogP contribution in [-0.2, 0) is 19.3 Å². The molecule has 0 N–H and O–H groups in total. The Kier molecular flexibility index (Phi) is 4.91. The molecule has 1 aliphatic heterocycles. The highest BCUT2D eigenvalue weighted by atomic mass is 35.5. The van der Waals surface area contributed by atoms with Crippen LogP contribution in [0.5, 0.6) is 0 Å². The number of benzene rings is 2. The van der Waals surface area contributed by atoms with E-state index in [-0.39, 0.29) is 0 Å². The zero-order chi connectivity index (χ0) is 19.1. The molecule has 0 saturated heterocycles. The van der Waals surface area contributed by atoms with Crippen LogP contribution in [0, 0.1) is 17.2 Å². The third kappa shape index (κ3) is 3.13. The standard InChI is InChI=1S/C24H27ClN2/c1-15(2)27-12-11-21-18(7-8-19(14-26)24(21)27)13-16(3)20-10-9-17-5-4-6-22(25)23(17)20/h4-8,15-16,20H,9-13H2,1-3H3. The fourth-order valence-electron chi connectivity index (χ4n) is 5.16. The third-order valence-electron chi connectivity index (χ3n) is 6.48. The van der Waals surface area contributed by atoms with Crippen molar-refractivity contribution in [2.75, 3.05) is 11.4 Å². The van der Waals surface area contributed by atoms with Crippen LogP contribution >= 0.6 is 11.6 Å². The molecule has 0 aromatic heterocycles. The molecule has 0 spiro atoms. The second-order valence-electron chi connectivity index (χ2n) is 8.39. The SMILES string of the molecule is CC(Cc1ccc(C#N)c2c1CCN2C(C)C)C1CCc2cccc(Cl)c21. The molecule has 0 amide bonds. The predicted molar refractivity (Wildman–Crippen MR) is 113 cm³/mol. The van der Waals surface area contributed by atoms with Crippen LogP contribution in [0.2, 0.25) is 5.02 Å². The molecule has 2 atom stereocenters. The van der Waals surface area contributed by atoms with E-state index in [2.05, 4.69) is 49.9 Å². The van der Waals surface area contributed by atoms with Gasteiger partial charge in [0.2, 0.25) is 0 Å². The highest BCUT2D eigenvalue weighted by Crippen LogP contribution is 2.44. The Bertz CT molecular complexity index is 909. The van der Waals surface area contributed by atoms with Crippen molar-refractivity contribution < 1.29 is 0 Å². The molecule has 1 aliphatic carbocycles. The molecular weight excluding hydrogens is 352 g/mol. The smallest absolute Gasteiger partial charge is 0.101 e. The van der Waals surface area contributed by atoms with E-state index in [0.717, 1.165) is 36.4 Å². The van der Waals surface area contributed by atoms with Gasteiger partial charge in [0.1, 0.15) is 6.07 Å². The summed E-state index contributed by atoms with van der Waals surface area (Å²) in [5, 5.41) is 10.5. The van der Waals surface area contributed by atoms with E-state index in [1.165, 1.54) is 34.4 Å². The molecule has 27 heavy (non-hydrogen) atoms. The van der Waals surface area contributed by atoms with E-state index in [4.69, 9.17) is 11.6 Å². The summed E-state index contributed by atoms with van der Waals surface area (Å²) in [6.45, 7) is 7.81. The van der Waals surface area contributed by atoms with E-state index >= 15 is 0 Å². The van der Waals surface area contributed by atoms with Gasteiger partial charge in [-0.05, 0) is 85.8 Å². The third-order valence-corrected chi connectivity index (χ3v) is 6.81. The van der Waals surface area contributed by atoms with Crippen molar-refractivity contribution in [1.29, 1.82) is 5.26 Å². The van der Waals surface area contributed by atoms with Crippen molar-refractivity contribution in [3.05, 3.63) is 63.2 Å². The number of fused-ring (bicyclic) bond motifs is 2. The van der Waals surface area contributed by atoms with Crippen LogP contribution in [0.15, 0.2) is 30.3 Å². The maximum Gasteiger partial charge on any atom is 0.101 e. The highest BCUT2D eigenvalue weighted by molar-refractivity contribution is 6.31. The average Bonchev–Trinajstić information content (AvgIpc) is 3.27. The topological polar surface area (TPSA) is 27.0 Å². The van der Waals surface area contributed by atoms with Gasteiger partial charge < -0.3 is 4.90 Å². The summed E-state index contributed by atoms with van der Waals surface area (Å²) in [6.07, 6.45) is 4.43. The summed E-state index contributed by atoms with van der Waals surface area (Å²) in [5.41, 5.74) is 7.62. The minimum Gasteiger partial charge on any atom is -0.367 e. The molecule has 140 valence electrons. The Hall–Kier alpha value is -1.98. The summed E-state index contributed by atoms with van der Waals surface area (Å²) in [7, 11) is 0. The van der Waals surface area contributed by atoms with Gasteiger partial charge >= 0.3 is 0 Å². The summed E-state index contributed by atoms with van der Waals surface area (Å²) in [6, 6.07) is 13.4. The number of nitriles is 1. The molecular formula is C24H27ClN2. The molecule has 0 fully saturated rings. The van der Waals surface area contributed by atoms with Gasteiger partial charge in [0, 0.05) is 17.6 Å². The van der Waals surface area contributed by atoms with Gasteiger partial charge in [-0.25, -0.2) is 0 Å². The van der Waals surface area contributed by atoms with E-state index in [9.17, 15) is 5.26 Å². The first-order valence-electron chi connectivity index (χ1n) is 10.1. The normalized spacial score (nSPS) is 19.1. The van der Waals surface area contributed by atoms with Gasteiger partial charge in [0.15, 0.2) is 0 Å². The van der Waals surface area contributed by atoms with Crippen molar-refractivity contribution in [1.82, 2.24) is 0 Å². The number of rotatable bonds is 4. The maximum atomic E-state index is 9.60. The number of nitrogens with zero attached hydrogens (tertiary/aromatic N) is 2. The molecule has 2 unspecified atom stereocenters. The minimum absolute atomic E-state index is 0.423. The second-order valence-corrected chi connectivity index (χ2v) is 8.79.